The molecule has 0 spiro atoms. The van der Waals surface area contributed by atoms with Crippen molar-refractivity contribution >= 4 is 33.3 Å². The van der Waals surface area contributed by atoms with Gasteiger partial charge in [0, 0.05) is 35.3 Å². The van der Waals surface area contributed by atoms with E-state index >= 15 is 0 Å². The number of nitrogens with zero attached hydrogens (tertiary/aromatic N) is 2. The summed E-state index contributed by atoms with van der Waals surface area (Å²) in [6, 6.07) is 2.39. The average Bonchev–Trinajstić information content (AvgIpc) is 2.36. The van der Waals surface area contributed by atoms with E-state index in [9.17, 15) is 0 Å². The molecule has 0 aromatic carbocycles. The quantitative estimate of drug-likeness (QED) is 0.873. The Labute approximate surface area is 135 Å². The van der Waals surface area contributed by atoms with Crippen LogP contribution in [0.5, 0.6) is 0 Å². The molecule has 1 aromatic rings. The zero-order valence-electron chi connectivity index (χ0n) is 12.4. The molecule has 20 heavy (non-hydrogen) atoms. The third kappa shape index (κ3) is 4.34. The molecule has 2 heterocycles. The van der Waals surface area contributed by atoms with Crippen molar-refractivity contribution in [1.29, 1.82) is 0 Å². The average molecular weight is 361 g/mol. The molecular weight excluding hydrogens is 338 g/mol. The Morgan fingerprint density at radius 1 is 1.45 bits per heavy atom. The zero-order chi connectivity index (χ0) is 14.8. The Morgan fingerprint density at radius 3 is 2.85 bits per heavy atom. The van der Waals surface area contributed by atoms with Gasteiger partial charge in [-0.25, -0.2) is 4.98 Å². The molecule has 1 unspecified atom stereocenters. The van der Waals surface area contributed by atoms with E-state index in [2.05, 4.69) is 51.9 Å². The van der Waals surface area contributed by atoms with E-state index in [1.54, 1.807) is 0 Å². The summed E-state index contributed by atoms with van der Waals surface area (Å²) < 4.78 is 0.924. The lowest BCUT2D eigenvalue weighted by molar-refractivity contribution is 0.365. The summed E-state index contributed by atoms with van der Waals surface area (Å²) in [6.45, 7) is 8.60. The molecule has 1 atom stereocenters. The van der Waals surface area contributed by atoms with E-state index in [1.807, 2.05) is 12.3 Å². The maximum absolute atomic E-state index is 6.36. The summed E-state index contributed by atoms with van der Waals surface area (Å²) in [4.78, 5) is 6.87. The Bertz CT molecular complexity index is 459. The van der Waals surface area contributed by atoms with Crippen LogP contribution in [-0.2, 0) is 0 Å². The fourth-order valence-electron chi connectivity index (χ4n) is 2.53. The van der Waals surface area contributed by atoms with E-state index in [0.29, 0.717) is 6.04 Å². The van der Waals surface area contributed by atoms with Crippen LogP contribution in [-0.4, -0.2) is 29.7 Å². The van der Waals surface area contributed by atoms with E-state index in [0.717, 1.165) is 28.4 Å². The maximum atomic E-state index is 6.36. The van der Waals surface area contributed by atoms with Gasteiger partial charge in [-0.15, -0.1) is 0 Å². The van der Waals surface area contributed by atoms with Crippen LogP contribution in [0.1, 0.15) is 40.0 Å². The number of nitrogens with one attached hydrogen (secondary N) is 1. The van der Waals surface area contributed by atoms with Crippen LogP contribution in [0.4, 0.5) is 5.82 Å². The second-order valence-corrected chi connectivity index (χ2v) is 7.76. The standard InChI is InChI=1S/C15H23BrClN3/c1-15(2,3)19-10-12-6-4-5-7-20(12)14-13(17)8-11(16)9-18-14/h8-9,12,19H,4-7,10H2,1-3H3. The molecule has 0 bridgehead atoms. The normalized spacial score (nSPS) is 20.2. The molecule has 1 aliphatic rings. The number of piperidine rings is 1. The van der Waals surface area contributed by atoms with Gasteiger partial charge >= 0.3 is 0 Å². The fourth-order valence-corrected chi connectivity index (χ4v) is 3.27. The molecule has 1 aromatic heterocycles. The highest BCUT2D eigenvalue weighted by molar-refractivity contribution is 9.10. The molecular formula is C15H23BrClN3. The maximum Gasteiger partial charge on any atom is 0.147 e. The smallest absolute Gasteiger partial charge is 0.147 e. The molecule has 1 aliphatic heterocycles. The first-order valence-electron chi connectivity index (χ1n) is 7.19. The second kappa shape index (κ2) is 6.63. The van der Waals surface area contributed by atoms with Gasteiger partial charge < -0.3 is 10.2 Å². The summed E-state index contributed by atoms with van der Waals surface area (Å²) in [5.74, 6) is 0.912. The lowest BCUT2D eigenvalue weighted by Gasteiger charge is -2.38. The van der Waals surface area contributed by atoms with Gasteiger partial charge in [-0.1, -0.05) is 11.6 Å². The predicted molar refractivity (Wildman–Crippen MR) is 89.7 cm³/mol. The van der Waals surface area contributed by atoms with Gasteiger partial charge in [0.1, 0.15) is 5.82 Å². The molecule has 0 radical (unpaired) electrons. The minimum Gasteiger partial charge on any atom is -0.351 e. The van der Waals surface area contributed by atoms with Crippen molar-refractivity contribution in [2.24, 2.45) is 0 Å². The summed E-state index contributed by atoms with van der Waals surface area (Å²) in [5, 5.41) is 4.32. The van der Waals surface area contributed by atoms with Crippen molar-refractivity contribution in [3.63, 3.8) is 0 Å². The van der Waals surface area contributed by atoms with Crippen LogP contribution in [0.3, 0.4) is 0 Å². The Hall–Kier alpha value is -0.320. The topological polar surface area (TPSA) is 28.2 Å². The third-order valence-electron chi connectivity index (χ3n) is 3.56. The van der Waals surface area contributed by atoms with Crippen LogP contribution in [0, 0.1) is 0 Å². The van der Waals surface area contributed by atoms with Crippen molar-refractivity contribution in [3.8, 4) is 0 Å². The van der Waals surface area contributed by atoms with E-state index in [1.165, 1.54) is 19.3 Å². The van der Waals surface area contributed by atoms with Gasteiger partial charge in [-0.05, 0) is 62.0 Å². The van der Waals surface area contributed by atoms with E-state index in [4.69, 9.17) is 11.6 Å². The molecule has 5 heteroatoms. The van der Waals surface area contributed by atoms with Crippen molar-refractivity contribution in [3.05, 3.63) is 21.8 Å². The van der Waals surface area contributed by atoms with Crippen LogP contribution in [0.2, 0.25) is 5.02 Å². The lowest BCUT2D eigenvalue weighted by Crippen LogP contribution is -2.50. The third-order valence-corrected chi connectivity index (χ3v) is 4.27. The monoisotopic (exact) mass is 359 g/mol. The highest BCUT2D eigenvalue weighted by Crippen LogP contribution is 2.30. The van der Waals surface area contributed by atoms with Crippen molar-refractivity contribution in [2.75, 3.05) is 18.0 Å². The van der Waals surface area contributed by atoms with Crippen LogP contribution in [0.25, 0.3) is 0 Å². The van der Waals surface area contributed by atoms with Crippen LogP contribution in [0.15, 0.2) is 16.7 Å². The fraction of sp³-hybridized carbons (Fsp3) is 0.667. The van der Waals surface area contributed by atoms with Gasteiger partial charge in [0.15, 0.2) is 0 Å². The summed E-state index contributed by atoms with van der Waals surface area (Å²) in [7, 11) is 0. The Balaban J connectivity index is 2.14. The number of hydrogen-bond donors (Lipinski definition) is 1. The summed E-state index contributed by atoms with van der Waals surface area (Å²) in [6.07, 6.45) is 5.50. The summed E-state index contributed by atoms with van der Waals surface area (Å²) >= 11 is 9.78. The highest BCUT2D eigenvalue weighted by Gasteiger charge is 2.26. The molecule has 112 valence electrons. The van der Waals surface area contributed by atoms with Crippen LogP contribution < -0.4 is 10.2 Å². The largest absolute Gasteiger partial charge is 0.351 e. The van der Waals surface area contributed by atoms with Gasteiger partial charge in [0.05, 0.1) is 5.02 Å². The van der Waals surface area contributed by atoms with Gasteiger partial charge in [0.25, 0.3) is 0 Å². The lowest BCUT2D eigenvalue weighted by atomic mass is 10.0. The minimum absolute atomic E-state index is 0.139. The molecule has 1 saturated heterocycles. The van der Waals surface area contributed by atoms with Gasteiger partial charge in [-0.3, -0.25) is 0 Å². The van der Waals surface area contributed by atoms with Crippen molar-refractivity contribution in [1.82, 2.24) is 10.3 Å². The molecule has 0 amide bonds. The molecule has 0 saturated carbocycles. The molecule has 1 N–H and O–H groups in total. The Morgan fingerprint density at radius 2 is 2.20 bits per heavy atom. The first-order valence-corrected chi connectivity index (χ1v) is 8.36. The number of hydrogen-bond acceptors (Lipinski definition) is 3. The number of anilines is 1. The second-order valence-electron chi connectivity index (χ2n) is 6.43. The van der Waals surface area contributed by atoms with E-state index in [-0.39, 0.29) is 5.54 Å². The van der Waals surface area contributed by atoms with Gasteiger partial charge in [-0.2, -0.15) is 0 Å². The number of aromatic nitrogens is 1. The minimum atomic E-state index is 0.139. The summed E-state index contributed by atoms with van der Waals surface area (Å²) in [5.41, 5.74) is 0.139. The molecule has 3 nitrogen and oxygen atoms in total. The highest BCUT2D eigenvalue weighted by atomic mass is 79.9. The zero-order valence-corrected chi connectivity index (χ0v) is 14.8. The molecule has 1 fully saturated rings. The van der Waals surface area contributed by atoms with E-state index < -0.39 is 0 Å². The first-order chi connectivity index (χ1) is 9.37. The Kier molecular flexibility index (Phi) is 5.32. The number of pyridine rings is 1. The van der Waals surface area contributed by atoms with Gasteiger partial charge in [0.2, 0.25) is 0 Å². The molecule has 0 aliphatic carbocycles. The molecule has 2 rings (SSSR count). The van der Waals surface area contributed by atoms with Crippen molar-refractivity contribution < 1.29 is 0 Å². The number of rotatable bonds is 3. The van der Waals surface area contributed by atoms with Crippen molar-refractivity contribution in [2.45, 2.75) is 51.6 Å². The predicted octanol–water partition coefficient (Wildman–Crippen LogP) is 4.24. The first kappa shape index (κ1) is 16.1. The number of halogens is 2. The SMILES string of the molecule is CC(C)(C)NCC1CCCCN1c1ncc(Br)cc1Cl. The van der Waals surface area contributed by atoms with Crippen LogP contribution >= 0.6 is 27.5 Å².